The van der Waals surface area contributed by atoms with Crippen LogP contribution < -0.4 is 4.90 Å². The third-order valence-electron chi connectivity index (χ3n) is 6.40. The molecule has 0 bridgehead atoms. The molecule has 2 rings (SSSR count). The molecule has 1 atom stereocenters. The Morgan fingerprint density at radius 1 is 1.09 bits per heavy atom. The molecule has 0 spiro atoms. The van der Waals surface area contributed by atoms with Crippen molar-refractivity contribution in [2.24, 2.45) is 10.2 Å². The van der Waals surface area contributed by atoms with E-state index >= 15 is 0 Å². The second-order valence-corrected chi connectivity index (χ2v) is 10.7. The van der Waals surface area contributed by atoms with Gasteiger partial charge in [-0.3, -0.25) is 0 Å². The molecule has 0 amide bonds. The van der Waals surface area contributed by atoms with Crippen molar-refractivity contribution in [2.75, 3.05) is 24.6 Å². The van der Waals surface area contributed by atoms with Crippen molar-refractivity contribution >= 4 is 27.7 Å². The van der Waals surface area contributed by atoms with Gasteiger partial charge in [0.25, 0.3) is 0 Å². The number of aliphatic hydroxyl groups is 1. The van der Waals surface area contributed by atoms with Crippen LogP contribution in [-0.2, 0) is 4.74 Å². The van der Waals surface area contributed by atoms with Gasteiger partial charge < -0.3 is 14.7 Å². The standard InChI is InChI=1S/C27H37N5O2S/c1-8-27(7,33)13-15-34-26(5,6)12-14-32(9-2)21-10-11-23(19(3)16-21)30-31-25-22(17-28)20(4)24(18-29)35-25/h10-11,16,33H,8-9,12-15H2,1-7H3. The molecule has 0 fully saturated rings. The first-order valence-corrected chi connectivity index (χ1v) is 12.9. The SMILES string of the molecule is CCN(CCC(C)(C)OCCC(C)(O)CC)c1ccc(N=Nc2sc(C#N)c(C)c2C#N)c(C)c1. The van der Waals surface area contributed by atoms with Crippen molar-refractivity contribution in [2.45, 2.75) is 78.9 Å². The second-order valence-electron chi connectivity index (χ2n) is 9.67. The number of nitriles is 2. The lowest BCUT2D eigenvalue weighted by Gasteiger charge is -2.32. The summed E-state index contributed by atoms with van der Waals surface area (Å²) in [7, 11) is 0. The molecule has 1 aromatic carbocycles. The molecule has 8 heteroatoms. The topological polar surface area (TPSA) is 105 Å². The van der Waals surface area contributed by atoms with E-state index in [1.165, 1.54) is 11.3 Å². The third-order valence-corrected chi connectivity index (χ3v) is 7.48. The van der Waals surface area contributed by atoms with Crippen LogP contribution >= 0.6 is 11.3 Å². The number of anilines is 1. The van der Waals surface area contributed by atoms with Crippen molar-refractivity contribution in [3.05, 3.63) is 39.8 Å². The number of benzene rings is 1. The molecular formula is C27H37N5O2S. The number of azo groups is 1. The quantitative estimate of drug-likeness (QED) is 0.317. The van der Waals surface area contributed by atoms with Crippen LogP contribution in [0.2, 0.25) is 0 Å². The molecule has 0 aliphatic carbocycles. The number of nitrogens with zero attached hydrogens (tertiary/aromatic N) is 5. The van der Waals surface area contributed by atoms with Crippen LogP contribution in [0.3, 0.4) is 0 Å². The average Bonchev–Trinajstić information content (AvgIpc) is 3.12. The summed E-state index contributed by atoms with van der Waals surface area (Å²) in [6.07, 6.45) is 2.19. The van der Waals surface area contributed by atoms with Crippen LogP contribution in [0.4, 0.5) is 16.4 Å². The first kappa shape index (κ1) is 28.5. The molecule has 1 unspecified atom stereocenters. The molecule has 7 nitrogen and oxygen atoms in total. The number of ether oxygens (including phenoxy) is 1. The fraction of sp³-hybridized carbons (Fsp3) is 0.556. The van der Waals surface area contributed by atoms with Crippen molar-refractivity contribution < 1.29 is 9.84 Å². The van der Waals surface area contributed by atoms with Crippen molar-refractivity contribution in [3.63, 3.8) is 0 Å². The second kappa shape index (κ2) is 12.3. The summed E-state index contributed by atoms with van der Waals surface area (Å²) in [5.74, 6) is 0. The van der Waals surface area contributed by atoms with E-state index in [0.717, 1.165) is 36.4 Å². The third kappa shape index (κ3) is 7.86. The summed E-state index contributed by atoms with van der Waals surface area (Å²) in [4.78, 5) is 2.79. The van der Waals surface area contributed by atoms with E-state index in [0.29, 0.717) is 40.5 Å². The zero-order valence-corrected chi connectivity index (χ0v) is 22.8. The van der Waals surface area contributed by atoms with Gasteiger partial charge in [0.1, 0.15) is 17.0 Å². The lowest BCUT2D eigenvalue weighted by Crippen LogP contribution is -2.34. The fourth-order valence-corrected chi connectivity index (χ4v) is 4.40. The fourth-order valence-electron chi connectivity index (χ4n) is 3.52. The molecule has 0 saturated heterocycles. The van der Waals surface area contributed by atoms with Crippen LogP contribution in [0.25, 0.3) is 0 Å². The van der Waals surface area contributed by atoms with Crippen LogP contribution in [0.5, 0.6) is 0 Å². The number of rotatable bonds is 12. The minimum Gasteiger partial charge on any atom is -0.390 e. The Labute approximate surface area is 213 Å². The van der Waals surface area contributed by atoms with Gasteiger partial charge >= 0.3 is 0 Å². The minimum absolute atomic E-state index is 0.292. The largest absolute Gasteiger partial charge is 0.390 e. The van der Waals surface area contributed by atoms with Gasteiger partial charge in [-0.05, 0) is 90.1 Å². The van der Waals surface area contributed by atoms with Crippen LogP contribution in [0.1, 0.15) is 75.4 Å². The Morgan fingerprint density at radius 2 is 1.80 bits per heavy atom. The Bertz CT molecular complexity index is 1120. The Kier molecular flexibility index (Phi) is 9.97. The van der Waals surface area contributed by atoms with Crippen molar-refractivity contribution in [3.8, 4) is 12.1 Å². The molecule has 0 aliphatic rings. The summed E-state index contributed by atoms with van der Waals surface area (Å²) in [6.45, 7) is 16.1. The van der Waals surface area contributed by atoms with Crippen molar-refractivity contribution in [1.82, 2.24) is 0 Å². The normalized spacial score (nSPS) is 13.4. The predicted octanol–water partition coefficient (Wildman–Crippen LogP) is 7.09. The van der Waals surface area contributed by atoms with Gasteiger partial charge in [0.2, 0.25) is 0 Å². The molecule has 1 heterocycles. The first-order chi connectivity index (χ1) is 16.5. The van der Waals surface area contributed by atoms with E-state index < -0.39 is 5.60 Å². The Balaban J connectivity index is 2.07. The molecule has 0 radical (unpaired) electrons. The van der Waals surface area contributed by atoms with E-state index in [1.54, 1.807) is 6.92 Å². The molecule has 1 aromatic heterocycles. The Hall–Kier alpha value is -2.78. The highest BCUT2D eigenvalue weighted by molar-refractivity contribution is 7.16. The first-order valence-electron chi connectivity index (χ1n) is 12.0. The van der Waals surface area contributed by atoms with Crippen LogP contribution in [0, 0.1) is 36.5 Å². The highest BCUT2D eigenvalue weighted by Crippen LogP contribution is 2.36. The summed E-state index contributed by atoms with van der Waals surface area (Å²) >= 11 is 1.19. The lowest BCUT2D eigenvalue weighted by atomic mass is 9.99. The van der Waals surface area contributed by atoms with E-state index in [9.17, 15) is 15.6 Å². The molecule has 0 aliphatic heterocycles. The molecular weight excluding hydrogens is 458 g/mol. The van der Waals surface area contributed by atoms with Gasteiger partial charge in [0.15, 0.2) is 5.00 Å². The zero-order chi connectivity index (χ0) is 26.2. The van der Waals surface area contributed by atoms with Gasteiger partial charge in [-0.25, -0.2) is 0 Å². The summed E-state index contributed by atoms with van der Waals surface area (Å²) in [5, 5.41) is 37.9. The summed E-state index contributed by atoms with van der Waals surface area (Å²) in [6, 6.07) is 10.3. The highest BCUT2D eigenvalue weighted by atomic mass is 32.1. The van der Waals surface area contributed by atoms with Gasteiger partial charge in [-0.1, -0.05) is 6.92 Å². The molecule has 35 heavy (non-hydrogen) atoms. The van der Waals surface area contributed by atoms with Crippen molar-refractivity contribution in [1.29, 1.82) is 10.5 Å². The minimum atomic E-state index is -0.682. The molecule has 0 saturated carbocycles. The highest BCUT2D eigenvalue weighted by Gasteiger charge is 2.23. The van der Waals surface area contributed by atoms with E-state index in [-0.39, 0.29) is 5.60 Å². The average molecular weight is 496 g/mol. The monoisotopic (exact) mass is 495 g/mol. The maximum atomic E-state index is 10.2. The van der Waals surface area contributed by atoms with Gasteiger partial charge in [0.05, 0.1) is 29.1 Å². The zero-order valence-electron chi connectivity index (χ0n) is 22.0. The summed E-state index contributed by atoms with van der Waals surface area (Å²) in [5.41, 5.74) is 2.90. The van der Waals surface area contributed by atoms with E-state index in [2.05, 4.69) is 54.1 Å². The van der Waals surface area contributed by atoms with Gasteiger partial charge in [-0.2, -0.15) is 10.5 Å². The molecule has 1 N–H and O–H groups in total. The molecule has 2 aromatic rings. The predicted molar refractivity (Wildman–Crippen MR) is 142 cm³/mol. The van der Waals surface area contributed by atoms with Gasteiger partial charge in [0, 0.05) is 18.8 Å². The number of hydrogen-bond acceptors (Lipinski definition) is 8. The Morgan fingerprint density at radius 3 is 2.37 bits per heavy atom. The number of hydrogen-bond donors (Lipinski definition) is 1. The maximum Gasteiger partial charge on any atom is 0.158 e. The lowest BCUT2D eigenvalue weighted by molar-refractivity contribution is -0.0540. The van der Waals surface area contributed by atoms with Crippen LogP contribution in [-0.4, -0.2) is 36.0 Å². The summed E-state index contributed by atoms with van der Waals surface area (Å²) < 4.78 is 6.10. The van der Waals surface area contributed by atoms with Crippen LogP contribution in [0.15, 0.2) is 28.4 Å². The molecule has 188 valence electrons. The van der Waals surface area contributed by atoms with E-state index in [1.807, 2.05) is 32.9 Å². The van der Waals surface area contributed by atoms with E-state index in [4.69, 9.17) is 4.74 Å². The number of aryl methyl sites for hydroxylation is 1. The number of thiophene rings is 1. The van der Waals surface area contributed by atoms with Gasteiger partial charge in [-0.15, -0.1) is 21.6 Å². The smallest absolute Gasteiger partial charge is 0.158 e. The maximum absolute atomic E-state index is 10.2.